The number of nitrogens with two attached hydrogens (primary N) is 1. The summed E-state index contributed by atoms with van der Waals surface area (Å²) in [5.74, 6) is 1.05. The second-order valence-electron chi connectivity index (χ2n) is 5.29. The molecule has 4 heteroatoms. The molecule has 106 valence electrons. The molecule has 2 nitrogen and oxygen atoms in total. The van der Waals surface area contributed by atoms with Gasteiger partial charge in [-0.05, 0) is 68.6 Å². The summed E-state index contributed by atoms with van der Waals surface area (Å²) in [6, 6.07) is 5.93. The molecule has 19 heavy (non-hydrogen) atoms. The van der Waals surface area contributed by atoms with Crippen LogP contribution in [0.15, 0.2) is 18.2 Å². The number of hydrogen-bond acceptors (Lipinski definition) is 2. The van der Waals surface area contributed by atoms with Crippen LogP contribution in [0.25, 0.3) is 0 Å². The molecular formula is C15H22Cl2N2. The van der Waals surface area contributed by atoms with Gasteiger partial charge in [0.15, 0.2) is 0 Å². The molecule has 0 aliphatic carbocycles. The topological polar surface area (TPSA) is 29.3 Å². The summed E-state index contributed by atoms with van der Waals surface area (Å²) in [6.45, 7) is 6.40. The fraction of sp³-hybridized carbons (Fsp3) is 0.600. The maximum absolute atomic E-state index is 6.12. The average Bonchev–Trinajstić information content (AvgIpc) is 2.44. The van der Waals surface area contributed by atoms with E-state index in [1.807, 2.05) is 12.1 Å². The van der Waals surface area contributed by atoms with E-state index in [4.69, 9.17) is 28.9 Å². The fourth-order valence-corrected chi connectivity index (χ4v) is 3.32. The third kappa shape index (κ3) is 3.63. The number of nitrogens with zero attached hydrogens (tertiary/aromatic N) is 1. The molecule has 1 aliphatic rings. The third-order valence-corrected chi connectivity index (χ3v) is 5.01. The maximum atomic E-state index is 6.12. The Balaban J connectivity index is 2.09. The van der Waals surface area contributed by atoms with Gasteiger partial charge in [0.2, 0.25) is 0 Å². The predicted octanol–water partition coefficient (Wildman–Crippen LogP) is 3.77. The predicted molar refractivity (Wildman–Crippen MR) is 83.1 cm³/mol. The van der Waals surface area contributed by atoms with Gasteiger partial charge in [0.1, 0.15) is 0 Å². The normalized spacial score (nSPS) is 19.6. The molecule has 1 heterocycles. The molecular weight excluding hydrogens is 279 g/mol. The van der Waals surface area contributed by atoms with Crippen LogP contribution < -0.4 is 5.73 Å². The number of halogens is 2. The van der Waals surface area contributed by atoms with Gasteiger partial charge in [-0.3, -0.25) is 0 Å². The van der Waals surface area contributed by atoms with Crippen molar-refractivity contribution < 1.29 is 0 Å². The first-order valence-corrected chi connectivity index (χ1v) is 7.78. The summed E-state index contributed by atoms with van der Waals surface area (Å²) in [7, 11) is 0. The van der Waals surface area contributed by atoms with Gasteiger partial charge in [-0.1, -0.05) is 36.2 Å². The van der Waals surface area contributed by atoms with Crippen molar-refractivity contribution in [2.24, 2.45) is 11.7 Å². The maximum Gasteiger partial charge on any atom is 0.0595 e. The van der Waals surface area contributed by atoms with E-state index in [2.05, 4.69) is 17.9 Å². The molecule has 1 fully saturated rings. The minimum atomic E-state index is 0.397. The molecule has 1 aromatic rings. The Morgan fingerprint density at radius 3 is 2.47 bits per heavy atom. The van der Waals surface area contributed by atoms with E-state index in [0.29, 0.717) is 28.4 Å². The van der Waals surface area contributed by atoms with E-state index in [1.165, 1.54) is 31.5 Å². The molecule has 2 rings (SSSR count). The van der Waals surface area contributed by atoms with Crippen molar-refractivity contribution in [3.8, 4) is 0 Å². The molecule has 0 aromatic heterocycles. The Morgan fingerprint density at radius 2 is 1.95 bits per heavy atom. The van der Waals surface area contributed by atoms with Crippen molar-refractivity contribution in [2.45, 2.75) is 25.7 Å². The Hall–Kier alpha value is -0.280. The molecule has 1 atom stereocenters. The van der Waals surface area contributed by atoms with E-state index < -0.39 is 0 Å². The lowest BCUT2D eigenvalue weighted by molar-refractivity contribution is 0.176. The van der Waals surface area contributed by atoms with Gasteiger partial charge in [-0.25, -0.2) is 0 Å². The highest BCUT2D eigenvalue weighted by atomic mass is 35.5. The summed E-state index contributed by atoms with van der Waals surface area (Å²) >= 11 is 12.1. The molecule has 1 unspecified atom stereocenters. The van der Waals surface area contributed by atoms with Gasteiger partial charge in [0, 0.05) is 0 Å². The van der Waals surface area contributed by atoms with Gasteiger partial charge < -0.3 is 10.6 Å². The van der Waals surface area contributed by atoms with Crippen LogP contribution in [0.1, 0.15) is 31.2 Å². The summed E-state index contributed by atoms with van der Waals surface area (Å²) in [5, 5.41) is 1.24. The van der Waals surface area contributed by atoms with Crippen LogP contribution >= 0.6 is 23.2 Å². The zero-order valence-corrected chi connectivity index (χ0v) is 12.9. The van der Waals surface area contributed by atoms with Crippen molar-refractivity contribution in [2.75, 3.05) is 26.2 Å². The molecule has 1 aliphatic heterocycles. The minimum absolute atomic E-state index is 0.397. The molecule has 0 saturated carbocycles. The van der Waals surface area contributed by atoms with Crippen LogP contribution in [-0.4, -0.2) is 31.1 Å². The van der Waals surface area contributed by atoms with Crippen molar-refractivity contribution in [1.29, 1.82) is 0 Å². The van der Waals surface area contributed by atoms with Crippen molar-refractivity contribution in [3.05, 3.63) is 33.8 Å². The molecule has 1 aromatic carbocycles. The lowest BCUT2D eigenvalue weighted by Crippen LogP contribution is -2.36. The van der Waals surface area contributed by atoms with Crippen LogP contribution in [0.3, 0.4) is 0 Å². The average molecular weight is 301 g/mol. The number of benzene rings is 1. The first-order valence-electron chi connectivity index (χ1n) is 7.03. The lowest BCUT2D eigenvalue weighted by atomic mass is 9.80. The third-order valence-electron chi connectivity index (χ3n) is 4.27. The molecule has 1 saturated heterocycles. The van der Waals surface area contributed by atoms with E-state index in [0.717, 1.165) is 6.54 Å². The number of hydrogen-bond donors (Lipinski definition) is 1. The summed E-state index contributed by atoms with van der Waals surface area (Å²) < 4.78 is 0. The monoisotopic (exact) mass is 300 g/mol. The smallest absolute Gasteiger partial charge is 0.0595 e. The molecule has 2 N–H and O–H groups in total. The van der Waals surface area contributed by atoms with Crippen molar-refractivity contribution >= 4 is 23.2 Å². The lowest BCUT2D eigenvalue weighted by Gasteiger charge is -2.35. The summed E-state index contributed by atoms with van der Waals surface area (Å²) in [6.07, 6.45) is 2.44. The van der Waals surface area contributed by atoms with Gasteiger partial charge in [-0.2, -0.15) is 0 Å². The van der Waals surface area contributed by atoms with Gasteiger partial charge >= 0.3 is 0 Å². The highest BCUT2D eigenvalue weighted by Crippen LogP contribution is 2.34. The van der Waals surface area contributed by atoms with Crippen LogP contribution in [0, 0.1) is 5.92 Å². The number of rotatable bonds is 4. The minimum Gasteiger partial charge on any atom is -0.330 e. The Kier molecular flexibility index (Phi) is 5.52. The second kappa shape index (κ2) is 6.94. The van der Waals surface area contributed by atoms with Crippen LogP contribution in [0.4, 0.5) is 0 Å². The molecule has 0 amide bonds. The van der Waals surface area contributed by atoms with Crippen molar-refractivity contribution in [3.63, 3.8) is 0 Å². The summed E-state index contributed by atoms with van der Waals surface area (Å²) in [5.41, 5.74) is 7.23. The second-order valence-corrected chi connectivity index (χ2v) is 6.10. The molecule has 0 spiro atoms. The summed E-state index contributed by atoms with van der Waals surface area (Å²) in [4.78, 5) is 2.50. The Labute approximate surface area is 125 Å². The SMILES string of the molecule is CCN1CCC(C(CN)c2ccc(Cl)c(Cl)c2)CC1. The Morgan fingerprint density at radius 1 is 1.26 bits per heavy atom. The largest absolute Gasteiger partial charge is 0.330 e. The number of likely N-dealkylation sites (tertiary alicyclic amines) is 1. The first kappa shape index (κ1) is 15.1. The highest BCUT2D eigenvalue weighted by Gasteiger charge is 2.26. The van der Waals surface area contributed by atoms with E-state index in [-0.39, 0.29) is 0 Å². The first-order chi connectivity index (χ1) is 9.15. The van der Waals surface area contributed by atoms with Gasteiger partial charge in [-0.15, -0.1) is 0 Å². The van der Waals surface area contributed by atoms with Crippen LogP contribution in [0.5, 0.6) is 0 Å². The van der Waals surface area contributed by atoms with Crippen LogP contribution in [-0.2, 0) is 0 Å². The molecule has 0 bridgehead atoms. The van der Waals surface area contributed by atoms with E-state index >= 15 is 0 Å². The quantitative estimate of drug-likeness (QED) is 0.917. The van der Waals surface area contributed by atoms with Gasteiger partial charge in [0.05, 0.1) is 10.0 Å². The van der Waals surface area contributed by atoms with E-state index in [1.54, 1.807) is 0 Å². The standard InChI is InChI=1S/C15H22Cl2N2/c1-2-19-7-5-11(6-8-19)13(10-18)12-3-4-14(16)15(17)9-12/h3-4,9,11,13H,2,5-8,10,18H2,1H3. The number of piperidine rings is 1. The van der Waals surface area contributed by atoms with Crippen LogP contribution in [0.2, 0.25) is 10.0 Å². The zero-order chi connectivity index (χ0) is 13.8. The Bertz CT molecular complexity index is 415. The highest BCUT2D eigenvalue weighted by molar-refractivity contribution is 6.42. The zero-order valence-electron chi connectivity index (χ0n) is 11.4. The van der Waals surface area contributed by atoms with Crippen molar-refractivity contribution in [1.82, 2.24) is 4.90 Å². The fourth-order valence-electron chi connectivity index (χ4n) is 3.02. The van der Waals surface area contributed by atoms with E-state index in [9.17, 15) is 0 Å². The molecule has 0 radical (unpaired) electrons. The van der Waals surface area contributed by atoms with Gasteiger partial charge in [0.25, 0.3) is 0 Å².